The van der Waals surface area contributed by atoms with Crippen LogP contribution in [0.3, 0.4) is 0 Å². The normalized spacial score (nSPS) is 25.8. The molecule has 2 fully saturated rings. The van der Waals surface area contributed by atoms with E-state index in [2.05, 4.69) is 34.3 Å². The monoisotopic (exact) mass is 294 g/mol. The van der Waals surface area contributed by atoms with Gasteiger partial charge < -0.3 is 19.4 Å². The summed E-state index contributed by atoms with van der Waals surface area (Å²) in [5.74, 6) is 0.586. The molecule has 0 saturated carbocycles. The van der Waals surface area contributed by atoms with Crippen molar-refractivity contribution in [2.24, 2.45) is 0 Å². The Morgan fingerprint density at radius 2 is 2.05 bits per heavy atom. The average molecular weight is 294 g/mol. The van der Waals surface area contributed by atoms with Gasteiger partial charge in [-0.2, -0.15) is 0 Å². The molecular formula is C15H26N4O2. The quantitative estimate of drug-likeness (QED) is 0.918. The number of nitrogens with one attached hydrogen (secondary N) is 1. The van der Waals surface area contributed by atoms with Gasteiger partial charge in [0.15, 0.2) is 0 Å². The van der Waals surface area contributed by atoms with E-state index in [1.165, 1.54) is 6.42 Å². The van der Waals surface area contributed by atoms with E-state index in [4.69, 9.17) is 9.15 Å². The highest BCUT2D eigenvalue weighted by molar-refractivity contribution is 5.17. The van der Waals surface area contributed by atoms with Crippen LogP contribution in [-0.2, 0) is 4.74 Å². The molecule has 2 aliphatic heterocycles. The summed E-state index contributed by atoms with van der Waals surface area (Å²) in [6.07, 6.45) is 4.85. The van der Waals surface area contributed by atoms with Gasteiger partial charge in [0, 0.05) is 32.6 Å². The van der Waals surface area contributed by atoms with Crippen LogP contribution in [0.4, 0.5) is 6.01 Å². The lowest BCUT2D eigenvalue weighted by Crippen LogP contribution is -2.47. The van der Waals surface area contributed by atoms with Gasteiger partial charge in [-0.15, -0.1) is 5.10 Å². The zero-order chi connectivity index (χ0) is 14.9. The Bertz CT molecular complexity index is 466. The van der Waals surface area contributed by atoms with Gasteiger partial charge in [0.1, 0.15) is 0 Å². The van der Waals surface area contributed by atoms with Gasteiger partial charge in [0.2, 0.25) is 5.89 Å². The lowest BCUT2D eigenvalue weighted by atomic mass is 9.88. The zero-order valence-electron chi connectivity index (χ0n) is 13.3. The third-order valence-corrected chi connectivity index (χ3v) is 4.79. The van der Waals surface area contributed by atoms with E-state index in [0.29, 0.717) is 17.9 Å². The van der Waals surface area contributed by atoms with Crippen molar-refractivity contribution in [3.8, 4) is 0 Å². The molecule has 0 unspecified atom stereocenters. The molecule has 3 heterocycles. The molecule has 21 heavy (non-hydrogen) atoms. The average Bonchev–Trinajstić information content (AvgIpc) is 3.04. The van der Waals surface area contributed by atoms with Gasteiger partial charge in [-0.3, -0.25) is 0 Å². The predicted octanol–water partition coefficient (Wildman–Crippen LogP) is 2.21. The van der Waals surface area contributed by atoms with Crippen molar-refractivity contribution in [1.82, 2.24) is 15.1 Å². The minimum Gasteiger partial charge on any atom is -0.408 e. The van der Waals surface area contributed by atoms with Crippen molar-refractivity contribution in [2.75, 3.05) is 25.0 Å². The Hall–Kier alpha value is -1.14. The Kier molecular flexibility index (Phi) is 4.17. The maximum absolute atomic E-state index is 6.37. The number of hydrogen-bond donors (Lipinski definition) is 1. The van der Waals surface area contributed by atoms with Gasteiger partial charge >= 0.3 is 6.01 Å². The highest BCUT2D eigenvalue weighted by atomic mass is 16.5. The van der Waals surface area contributed by atoms with Gasteiger partial charge in [0.25, 0.3) is 0 Å². The summed E-state index contributed by atoms with van der Waals surface area (Å²) in [6.45, 7) is 9.39. The molecule has 2 saturated heterocycles. The summed E-state index contributed by atoms with van der Waals surface area (Å²) in [4.78, 5) is 2.54. The highest BCUT2D eigenvalue weighted by Crippen LogP contribution is 2.39. The molecule has 0 radical (unpaired) electrons. The molecule has 1 spiro atoms. The largest absolute Gasteiger partial charge is 0.408 e. The summed E-state index contributed by atoms with van der Waals surface area (Å²) >= 11 is 0. The van der Waals surface area contributed by atoms with Crippen LogP contribution in [0.5, 0.6) is 0 Å². The van der Waals surface area contributed by atoms with Crippen molar-refractivity contribution >= 4 is 6.01 Å². The molecule has 0 aromatic carbocycles. The van der Waals surface area contributed by atoms with Crippen LogP contribution < -0.4 is 5.32 Å². The smallest absolute Gasteiger partial charge is 0.315 e. The number of nitrogens with zero attached hydrogens (tertiary/aromatic N) is 3. The molecule has 1 aromatic heterocycles. The van der Waals surface area contributed by atoms with E-state index in [9.17, 15) is 0 Å². The highest BCUT2D eigenvalue weighted by Gasteiger charge is 2.42. The van der Waals surface area contributed by atoms with Crippen molar-refractivity contribution in [3.05, 3.63) is 5.89 Å². The standard InChI is InChI=1S/C15H26N4O2/c1-11(2)19-8-6-15(7-9-19)5-4-13(21-15)10-16-14-18-17-12(3)20-14/h11,13H,4-10H2,1-3H3,(H,16,18)/t13-/m0/s1. The first-order valence-corrected chi connectivity index (χ1v) is 8.02. The van der Waals surface area contributed by atoms with Crippen molar-refractivity contribution < 1.29 is 9.15 Å². The summed E-state index contributed by atoms with van der Waals surface area (Å²) in [5, 5.41) is 10.9. The van der Waals surface area contributed by atoms with Crippen LogP contribution in [0, 0.1) is 6.92 Å². The summed E-state index contributed by atoms with van der Waals surface area (Å²) in [6, 6.07) is 1.13. The van der Waals surface area contributed by atoms with E-state index < -0.39 is 0 Å². The molecular weight excluding hydrogens is 268 g/mol. The Balaban J connectivity index is 1.47. The predicted molar refractivity (Wildman–Crippen MR) is 80.3 cm³/mol. The Labute approximate surface area is 126 Å². The third kappa shape index (κ3) is 3.37. The van der Waals surface area contributed by atoms with Gasteiger partial charge in [-0.05, 0) is 39.5 Å². The minimum absolute atomic E-state index is 0.114. The van der Waals surface area contributed by atoms with E-state index in [1.54, 1.807) is 6.92 Å². The number of ether oxygens (including phenoxy) is 1. The zero-order valence-corrected chi connectivity index (χ0v) is 13.3. The number of likely N-dealkylation sites (tertiary alicyclic amines) is 1. The van der Waals surface area contributed by atoms with Crippen LogP contribution in [-0.4, -0.2) is 52.5 Å². The van der Waals surface area contributed by atoms with Gasteiger partial charge in [0.05, 0.1) is 11.7 Å². The van der Waals surface area contributed by atoms with Crippen LogP contribution in [0.25, 0.3) is 0 Å². The van der Waals surface area contributed by atoms with Gasteiger partial charge in [-0.25, -0.2) is 0 Å². The Morgan fingerprint density at radius 1 is 1.29 bits per heavy atom. The number of aryl methyl sites for hydroxylation is 1. The minimum atomic E-state index is 0.114. The molecule has 0 bridgehead atoms. The second-order valence-electron chi connectivity index (χ2n) is 6.60. The van der Waals surface area contributed by atoms with Crippen molar-refractivity contribution in [3.63, 3.8) is 0 Å². The molecule has 1 atom stereocenters. The summed E-state index contributed by atoms with van der Waals surface area (Å²) in [7, 11) is 0. The maximum Gasteiger partial charge on any atom is 0.315 e. The second-order valence-corrected chi connectivity index (χ2v) is 6.60. The number of aromatic nitrogens is 2. The summed E-state index contributed by atoms with van der Waals surface area (Å²) < 4.78 is 11.7. The first-order chi connectivity index (χ1) is 10.1. The van der Waals surface area contributed by atoms with E-state index >= 15 is 0 Å². The molecule has 1 aromatic rings. The van der Waals surface area contributed by atoms with Crippen molar-refractivity contribution in [1.29, 1.82) is 0 Å². The van der Waals surface area contributed by atoms with E-state index in [1.807, 2.05) is 0 Å². The second kappa shape index (κ2) is 5.93. The van der Waals surface area contributed by atoms with Gasteiger partial charge in [-0.1, -0.05) is 5.10 Å². The van der Waals surface area contributed by atoms with Crippen molar-refractivity contribution in [2.45, 2.75) is 64.2 Å². The number of anilines is 1. The molecule has 6 heteroatoms. The van der Waals surface area contributed by atoms with Crippen LogP contribution in [0.1, 0.15) is 45.4 Å². The topological polar surface area (TPSA) is 63.4 Å². The number of rotatable bonds is 4. The fraction of sp³-hybridized carbons (Fsp3) is 0.867. The Morgan fingerprint density at radius 3 is 2.67 bits per heavy atom. The van der Waals surface area contributed by atoms with Crippen LogP contribution in [0.2, 0.25) is 0 Å². The lowest BCUT2D eigenvalue weighted by Gasteiger charge is -2.40. The molecule has 118 valence electrons. The maximum atomic E-state index is 6.37. The van der Waals surface area contributed by atoms with E-state index in [0.717, 1.165) is 38.9 Å². The molecule has 3 rings (SSSR count). The fourth-order valence-corrected chi connectivity index (χ4v) is 3.42. The van der Waals surface area contributed by atoms with E-state index in [-0.39, 0.29) is 11.7 Å². The first kappa shape index (κ1) is 14.8. The molecule has 2 aliphatic rings. The van der Waals surface area contributed by atoms with Crippen LogP contribution in [0.15, 0.2) is 4.42 Å². The fourth-order valence-electron chi connectivity index (χ4n) is 3.42. The molecule has 0 amide bonds. The third-order valence-electron chi connectivity index (χ3n) is 4.79. The van der Waals surface area contributed by atoms with Crippen LogP contribution >= 0.6 is 0 Å². The molecule has 0 aliphatic carbocycles. The summed E-state index contributed by atoms with van der Waals surface area (Å²) in [5.41, 5.74) is 0.114. The molecule has 1 N–H and O–H groups in total. The SMILES string of the molecule is Cc1nnc(NC[C@@H]2CCC3(CCN(C(C)C)CC3)O2)o1. The lowest BCUT2D eigenvalue weighted by molar-refractivity contribution is -0.0765. The molecule has 6 nitrogen and oxygen atoms in total. The number of hydrogen-bond acceptors (Lipinski definition) is 6. The number of piperidine rings is 1. The first-order valence-electron chi connectivity index (χ1n) is 8.02.